The summed E-state index contributed by atoms with van der Waals surface area (Å²) in [6.07, 6.45) is 1.05. The molecule has 0 saturated heterocycles. The lowest BCUT2D eigenvalue weighted by atomic mass is 9.96. The van der Waals surface area contributed by atoms with Gasteiger partial charge in [0.25, 0.3) is 0 Å². The van der Waals surface area contributed by atoms with E-state index in [1.165, 1.54) is 5.56 Å². The average molecular weight is 334 g/mol. The molecule has 0 fully saturated rings. The lowest BCUT2D eigenvalue weighted by molar-refractivity contribution is 0.544. The van der Waals surface area contributed by atoms with E-state index in [0.29, 0.717) is 0 Å². The molecule has 0 saturated carbocycles. The number of hydrogen-bond donors (Lipinski definition) is 1. The minimum absolute atomic E-state index is 0.0771. The number of rotatable bonds is 3. The maximum Gasteiger partial charge on any atom is 0.137 e. The molecule has 0 aliphatic carbocycles. The second-order valence-electron chi connectivity index (χ2n) is 5.82. The van der Waals surface area contributed by atoms with Crippen LogP contribution in [0.4, 0.5) is 11.5 Å². The van der Waals surface area contributed by atoms with Crippen LogP contribution < -0.4 is 5.32 Å². The minimum Gasteiger partial charge on any atom is -0.340 e. The zero-order valence-electron chi connectivity index (χ0n) is 12.4. The Hall–Kier alpha value is -1.42. The fourth-order valence-electron chi connectivity index (χ4n) is 1.79. The van der Waals surface area contributed by atoms with Crippen molar-refractivity contribution in [2.45, 2.75) is 39.5 Å². The van der Waals surface area contributed by atoms with Crippen molar-refractivity contribution < 1.29 is 0 Å². The van der Waals surface area contributed by atoms with E-state index in [4.69, 9.17) is 0 Å². The number of aromatic nitrogens is 2. The van der Waals surface area contributed by atoms with Gasteiger partial charge in [-0.2, -0.15) is 0 Å². The molecule has 106 valence electrons. The van der Waals surface area contributed by atoms with E-state index in [9.17, 15) is 0 Å². The van der Waals surface area contributed by atoms with Gasteiger partial charge in [-0.3, -0.25) is 0 Å². The summed E-state index contributed by atoms with van der Waals surface area (Å²) in [4.78, 5) is 9.03. The molecule has 20 heavy (non-hydrogen) atoms. The Morgan fingerprint density at radius 1 is 1.10 bits per heavy atom. The van der Waals surface area contributed by atoms with E-state index < -0.39 is 0 Å². The third-order valence-corrected chi connectivity index (χ3v) is 3.41. The summed E-state index contributed by atoms with van der Waals surface area (Å²) in [5, 5.41) is 3.33. The van der Waals surface area contributed by atoms with Crippen molar-refractivity contribution in [1.82, 2.24) is 9.97 Å². The van der Waals surface area contributed by atoms with Crippen LogP contribution in [0.5, 0.6) is 0 Å². The monoisotopic (exact) mass is 333 g/mol. The highest BCUT2D eigenvalue weighted by Gasteiger charge is 2.18. The van der Waals surface area contributed by atoms with E-state index in [1.807, 2.05) is 6.07 Å². The second kappa shape index (κ2) is 5.92. The van der Waals surface area contributed by atoms with Crippen molar-refractivity contribution in [3.05, 3.63) is 46.3 Å². The lowest BCUT2D eigenvalue weighted by Crippen LogP contribution is -2.16. The maximum atomic E-state index is 4.59. The summed E-state index contributed by atoms with van der Waals surface area (Å²) in [6, 6.07) is 10.3. The molecule has 0 aliphatic heterocycles. The molecule has 0 radical (unpaired) electrons. The molecule has 0 spiro atoms. The van der Waals surface area contributed by atoms with E-state index in [0.717, 1.165) is 28.4 Å². The fraction of sp³-hybridized carbons (Fsp3) is 0.375. The summed E-state index contributed by atoms with van der Waals surface area (Å²) < 4.78 is 0.796. The Morgan fingerprint density at radius 2 is 1.75 bits per heavy atom. The second-order valence-corrected chi connectivity index (χ2v) is 6.64. The molecular weight excluding hydrogens is 314 g/mol. The van der Waals surface area contributed by atoms with Gasteiger partial charge in [-0.1, -0.05) is 39.8 Å². The first-order chi connectivity index (χ1) is 9.38. The first kappa shape index (κ1) is 15.0. The van der Waals surface area contributed by atoms with E-state index in [-0.39, 0.29) is 5.41 Å². The number of nitrogens with zero attached hydrogens (tertiary/aromatic N) is 2. The van der Waals surface area contributed by atoms with Gasteiger partial charge in [0, 0.05) is 17.2 Å². The highest BCUT2D eigenvalue weighted by molar-refractivity contribution is 9.10. The number of halogens is 1. The Morgan fingerprint density at radius 3 is 2.30 bits per heavy atom. The Kier molecular flexibility index (Phi) is 4.43. The standard InChI is InChI=1S/C16H20BrN3/c1-5-11-6-8-12(9-7-11)18-14-10-13(17)19-15(20-14)16(2,3)4/h6-10H,5H2,1-4H3,(H,18,19,20). The normalized spacial score (nSPS) is 11.4. The molecule has 0 atom stereocenters. The Balaban J connectivity index is 2.26. The summed E-state index contributed by atoms with van der Waals surface area (Å²) in [7, 11) is 0. The van der Waals surface area contributed by atoms with Gasteiger partial charge in [0.1, 0.15) is 16.2 Å². The van der Waals surface area contributed by atoms with Crippen LogP contribution in [0.25, 0.3) is 0 Å². The molecule has 3 nitrogen and oxygen atoms in total. The number of hydrogen-bond acceptors (Lipinski definition) is 3. The average Bonchev–Trinajstić information content (AvgIpc) is 2.38. The number of aryl methyl sites for hydroxylation is 1. The molecule has 1 aromatic carbocycles. The highest BCUT2D eigenvalue weighted by atomic mass is 79.9. The SMILES string of the molecule is CCc1ccc(Nc2cc(Br)nc(C(C)(C)C)n2)cc1. The van der Waals surface area contributed by atoms with E-state index in [1.54, 1.807) is 0 Å². The summed E-state index contributed by atoms with van der Waals surface area (Å²) >= 11 is 3.45. The third kappa shape index (κ3) is 3.79. The van der Waals surface area contributed by atoms with Crippen LogP contribution in [0.15, 0.2) is 34.9 Å². The first-order valence-electron chi connectivity index (χ1n) is 6.79. The third-order valence-electron chi connectivity index (χ3n) is 3.00. The predicted octanol–water partition coefficient (Wildman–Crippen LogP) is 4.84. The number of anilines is 2. The molecule has 4 heteroatoms. The highest BCUT2D eigenvalue weighted by Crippen LogP contribution is 2.24. The summed E-state index contributed by atoms with van der Waals surface area (Å²) in [5.41, 5.74) is 2.29. The Bertz CT molecular complexity index is 586. The number of nitrogens with one attached hydrogen (secondary N) is 1. The molecule has 0 unspecified atom stereocenters. The van der Waals surface area contributed by atoms with Gasteiger partial charge in [-0.15, -0.1) is 0 Å². The van der Waals surface area contributed by atoms with Crippen molar-refractivity contribution in [2.75, 3.05) is 5.32 Å². The van der Waals surface area contributed by atoms with Crippen molar-refractivity contribution in [3.63, 3.8) is 0 Å². The smallest absolute Gasteiger partial charge is 0.137 e. The van der Waals surface area contributed by atoms with Gasteiger partial charge >= 0.3 is 0 Å². The minimum atomic E-state index is -0.0771. The van der Waals surface area contributed by atoms with Crippen molar-refractivity contribution in [2.24, 2.45) is 0 Å². The summed E-state index contributed by atoms with van der Waals surface area (Å²) in [6.45, 7) is 8.47. The van der Waals surface area contributed by atoms with Crippen LogP contribution in [0.1, 0.15) is 39.1 Å². The lowest BCUT2D eigenvalue weighted by Gasteiger charge is -2.18. The zero-order valence-corrected chi connectivity index (χ0v) is 14.0. The maximum absolute atomic E-state index is 4.59. The molecule has 1 N–H and O–H groups in total. The quantitative estimate of drug-likeness (QED) is 0.816. The molecule has 0 bridgehead atoms. The van der Waals surface area contributed by atoms with Crippen LogP contribution in [0.3, 0.4) is 0 Å². The topological polar surface area (TPSA) is 37.8 Å². The van der Waals surface area contributed by atoms with Gasteiger partial charge in [0.2, 0.25) is 0 Å². The van der Waals surface area contributed by atoms with Crippen LogP contribution in [-0.2, 0) is 11.8 Å². The van der Waals surface area contributed by atoms with Gasteiger partial charge in [-0.25, -0.2) is 9.97 Å². The molecular formula is C16H20BrN3. The predicted molar refractivity (Wildman–Crippen MR) is 87.5 cm³/mol. The van der Waals surface area contributed by atoms with Crippen molar-refractivity contribution in [1.29, 1.82) is 0 Å². The molecule has 2 aromatic rings. The van der Waals surface area contributed by atoms with Gasteiger partial charge in [-0.05, 0) is 40.0 Å². The fourth-order valence-corrected chi connectivity index (χ4v) is 2.17. The molecule has 1 heterocycles. The van der Waals surface area contributed by atoms with Gasteiger partial charge < -0.3 is 5.32 Å². The Labute approximate surface area is 129 Å². The number of benzene rings is 1. The molecule has 2 rings (SSSR count). The molecule has 1 aromatic heterocycles. The first-order valence-corrected chi connectivity index (χ1v) is 7.59. The van der Waals surface area contributed by atoms with E-state index in [2.05, 4.69) is 83.2 Å². The van der Waals surface area contributed by atoms with Gasteiger partial charge in [0.15, 0.2) is 0 Å². The van der Waals surface area contributed by atoms with Crippen LogP contribution in [0, 0.1) is 0 Å². The zero-order chi connectivity index (χ0) is 14.8. The van der Waals surface area contributed by atoms with Crippen LogP contribution >= 0.6 is 15.9 Å². The molecule has 0 amide bonds. The van der Waals surface area contributed by atoms with Gasteiger partial charge in [0.05, 0.1) is 0 Å². The van der Waals surface area contributed by atoms with Crippen molar-refractivity contribution in [3.8, 4) is 0 Å². The molecule has 0 aliphatic rings. The van der Waals surface area contributed by atoms with E-state index >= 15 is 0 Å². The van der Waals surface area contributed by atoms with Crippen molar-refractivity contribution >= 4 is 27.4 Å². The largest absolute Gasteiger partial charge is 0.340 e. The van der Waals surface area contributed by atoms with Crippen LogP contribution in [-0.4, -0.2) is 9.97 Å². The summed E-state index contributed by atoms with van der Waals surface area (Å²) in [5.74, 6) is 1.63. The van der Waals surface area contributed by atoms with Crippen LogP contribution in [0.2, 0.25) is 0 Å².